The van der Waals surface area contributed by atoms with Crippen LogP contribution in [0.4, 0.5) is 0 Å². The molecule has 1 heterocycles. The minimum absolute atomic E-state index is 0.0511. The second kappa shape index (κ2) is 8.82. The number of nitrogens with zero attached hydrogens (tertiary/aromatic N) is 3. The van der Waals surface area contributed by atoms with Crippen LogP contribution in [-0.4, -0.2) is 43.8 Å². The van der Waals surface area contributed by atoms with Crippen LogP contribution in [-0.2, 0) is 34.1 Å². The number of sulfonamides is 1. The van der Waals surface area contributed by atoms with E-state index in [4.69, 9.17) is 5.26 Å². The largest absolute Gasteiger partial charge is 0.355 e. The summed E-state index contributed by atoms with van der Waals surface area (Å²) in [5.74, 6) is -0.360. The first-order chi connectivity index (χ1) is 13.4. The summed E-state index contributed by atoms with van der Waals surface area (Å²) in [6.07, 6.45) is 5.18. The second-order valence-corrected chi connectivity index (χ2v) is 9.89. The Balaban J connectivity index is 1.50. The van der Waals surface area contributed by atoms with Gasteiger partial charge in [0.2, 0.25) is 15.9 Å². The van der Waals surface area contributed by atoms with Gasteiger partial charge in [-0.3, -0.25) is 4.79 Å². The van der Waals surface area contributed by atoms with Gasteiger partial charge in [-0.1, -0.05) is 0 Å². The van der Waals surface area contributed by atoms with Crippen LogP contribution in [0.1, 0.15) is 34.0 Å². The van der Waals surface area contributed by atoms with Gasteiger partial charge >= 0.3 is 0 Å². The van der Waals surface area contributed by atoms with E-state index in [2.05, 4.69) is 10.3 Å². The van der Waals surface area contributed by atoms with Gasteiger partial charge in [0.25, 0.3) is 0 Å². The predicted molar refractivity (Wildman–Crippen MR) is 106 cm³/mol. The number of hydrogen-bond acceptors (Lipinski definition) is 6. The van der Waals surface area contributed by atoms with Crippen LogP contribution in [0.25, 0.3) is 0 Å². The van der Waals surface area contributed by atoms with Crippen LogP contribution in [0.5, 0.6) is 0 Å². The number of aromatic nitrogens is 1. The number of aryl methyl sites for hydroxylation is 2. The quantitative estimate of drug-likeness (QED) is 0.739. The van der Waals surface area contributed by atoms with Crippen molar-refractivity contribution in [1.29, 1.82) is 5.26 Å². The fraction of sp³-hybridized carbons (Fsp3) is 0.421. The SMILES string of the molecule is CN(CC(=O)NCCc1nc2c(s1)CCCC2)S(=O)(=O)c1ccc(C#N)cc1. The number of nitriles is 1. The second-order valence-electron chi connectivity index (χ2n) is 6.68. The molecule has 0 saturated carbocycles. The zero-order valence-electron chi connectivity index (χ0n) is 15.6. The molecule has 3 rings (SSSR count). The van der Waals surface area contributed by atoms with E-state index < -0.39 is 10.0 Å². The van der Waals surface area contributed by atoms with Crippen molar-refractivity contribution in [3.8, 4) is 6.07 Å². The number of fused-ring (bicyclic) bond motifs is 1. The Morgan fingerprint density at radius 2 is 2.00 bits per heavy atom. The van der Waals surface area contributed by atoms with Crippen LogP contribution in [0.2, 0.25) is 0 Å². The molecule has 2 aromatic rings. The third kappa shape index (κ3) is 4.76. The minimum atomic E-state index is -3.79. The van der Waals surface area contributed by atoms with Crippen molar-refractivity contribution in [1.82, 2.24) is 14.6 Å². The van der Waals surface area contributed by atoms with Gasteiger partial charge in [0.05, 0.1) is 33.8 Å². The Bertz CT molecular complexity index is 968. The molecule has 28 heavy (non-hydrogen) atoms. The molecule has 1 amide bonds. The van der Waals surface area contributed by atoms with Gasteiger partial charge in [-0.2, -0.15) is 9.57 Å². The maximum Gasteiger partial charge on any atom is 0.243 e. The molecule has 0 radical (unpaired) electrons. The summed E-state index contributed by atoms with van der Waals surface area (Å²) in [7, 11) is -2.42. The number of hydrogen-bond donors (Lipinski definition) is 1. The van der Waals surface area contributed by atoms with Crippen LogP contribution >= 0.6 is 11.3 Å². The van der Waals surface area contributed by atoms with E-state index in [0.717, 1.165) is 22.2 Å². The van der Waals surface area contributed by atoms with Gasteiger partial charge in [-0.25, -0.2) is 13.4 Å². The molecule has 1 aliphatic rings. The lowest BCUT2D eigenvalue weighted by atomic mass is 10.0. The summed E-state index contributed by atoms with van der Waals surface area (Å²) >= 11 is 1.71. The fourth-order valence-corrected chi connectivity index (χ4v) is 5.33. The molecule has 0 unspecified atom stereocenters. The molecule has 0 fully saturated rings. The summed E-state index contributed by atoms with van der Waals surface area (Å²) in [6.45, 7) is 0.159. The Morgan fingerprint density at radius 1 is 1.29 bits per heavy atom. The third-order valence-corrected chi connectivity index (χ3v) is 7.64. The average molecular weight is 419 g/mol. The number of rotatable bonds is 7. The summed E-state index contributed by atoms with van der Waals surface area (Å²) in [5.41, 5.74) is 1.58. The highest BCUT2D eigenvalue weighted by atomic mass is 32.2. The Kier molecular flexibility index (Phi) is 6.44. The lowest BCUT2D eigenvalue weighted by Gasteiger charge is -2.16. The van der Waals surface area contributed by atoms with Crippen LogP contribution < -0.4 is 5.32 Å². The van der Waals surface area contributed by atoms with Crippen molar-refractivity contribution in [2.45, 2.75) is 37.0 Å². The van der Waals surface area contributed by atoms with Gasteiger partial charge in [-0.15, -0.1) is 11.3 Å². The topological polar surface area (TPSA) is 103 Å². The molecule has 0 bridgehead atoms. The highest BCUT2D eigenvalue weighted by molar-refractivity contribution is 7.89. The standard InChI is InChI=1S/C19H22N4O3S2/c1-23(28(25,26)15-8-6-14(12-20)7-9-15)13-18(24)21-11-10-19-22-16-4-2-3-5-17(16)27-19/h6-9H,2-5,10-11,13H2,1H3,(H,21,24). The van der Waals surface area contributed by atoms with Crippen molar-refractivity contribution in [3.63, 3.8) is 0 Å². The number of carbonyl (C=O) groups excluding carboxylic acids is 1. The lowest BCUT2D eigenvalue weighted by Crippen LogP contribution is -2.39. The number of nitrogens with one attached hydrogen (secondary N) is 1. The summed E-state index contributed by atoms with van der Waals surface area (Å²) in [4.78, 5) is 18.2. The Labute approximate surface area is 169 Å². The van der Waals surface area contributed by atoms with E-state index in [0.29, 0.717) is 18.5 Å². The summed E-state index contributed by atoms with van der Waals surface area (Å²) in [5, 5.41) is 12.6. The summed E-state index contributed by atoms with van der Waals surface area (Å²) < 4.78 is 26.1. The molecule has 0 saturated heterocycles. The number of likely N-dealkylation sites (N-methyl/N-ethyl adjacent to an activating group) is 1. The Hall–Kier alpha value is -2.28. The highest BCUT2D eigenvalue weighted by Crippen LogP contribution is 2.26. The number of carbonyl (C=O) groups is 1. The van der Waals surface area contributed by atoms with Gasteiger partial charge in [0.1, 0.15) is 0 Å². The minimum Gasteiger partial charge on any atom is -0.355 e. The van der Waals surface area contributed by atoms with Gasteiger partial charge in [-0.05, 0) is 49.9 Å². The van der Waals surface area contributed by atoms with E-state index in [1.807, 2.05) is 6.07 Å². The van der Waals surface area contributed by atoms with Gasteiger partial charge < -0.3 is 5.32 Å². The van der Waals surface area contributed by atoms with Gasteiger partial charge in [0.15, 0.2) is 0 Å². The van der Waals surface area contributed by atoms with Crippen LogP contribution in [0, 0.1) is 11.3 Å². The van der Waals surface area contributed by atoms with Crippen molar-refractivity contribution in [2.75, 3.05) is 20.1 Å². The summed E-state index contributed by atoms with van der Waals surface area (Å²) in [6, 6.07) is 7.56. The zero-order valence-corrected chi connectivity index (χ0v) is 17.3. The highest BCUT2D eigenvalue weighted by Gasteiger charge is 2.23. The molecule has 1 N–H and O–H groups in total. The average Bonchev–Trinajstić information content (AvgIpc) is 3.10. The normalized spacial score (nSPS) is 13.8. The molecular formula is C19H22N4O3S2. The van der Waals surface area contributed by atoms with Crippen LogP contribution in [0.3, 0.4) is 0 Å². The molecule has 1 aromatic heterocycles. The third-order valence-electron chi connectivity index (χ3n) is 4.61. The fourth-order valence-electron chi connectivity index (χ4n) is 3.05. The van der Waals surface area contributed by atoms with E-state index in [9.17, 15) is 13.2 Å². The lowest BCUT2D eigenvalue weighted by molar-refractivity contribution is -0.121. The number of thiazole rings is 1. The van der Waals surface area contributed by atoms with Crippen LogP contribution in [0.15, 0.2) is 29.2 Å². The van der Waals surface area contributed by atoms with E-state index in [1.54, 1.807) is 11.3 Å². The zero-order chi connectivity index (χ0) is 20.1. The molecule has 9 heteroatoms. The van der Waals surface area contributed by atoms with Crippen molar-refractivity contribution in [3.05, 3.63) is 45.4 Å². The molecule has 7 nitrogen and oxygen atoms in total. The van der Waals surface area contributed by atoms with E-state index >= 15 is 0 Å². The van der Waals surface area contributed by atoms with E-state index in [1.165, 1.54) is 54.7 Å². The molecule has 0 aliphatic heterocycles. The maximum atomic E-state index is 12.5. The molecule has 0 atom stereocenters. The predicted octanol–water partition coefficient (Wildman–Crippen LogP) is 1.87. The van der Waals surface area contributed by atoms with Crippen molar-refractivity contribution >= 4 is 27.3 Å². The number of amides is 1. The van der Waals surface area contributed by atoms with Gasteiger partial charge in [0, 0.05) is 24.9 Å². The molecule has 1 aliphatic carbocycles. The molecule has 148 valence electrons. The molecular weight excluding hydrogens is 396 g/mol. The molecule has 1 aromatic carbocycles. The molecule has 0 spiro atoms. The van der Waals surface area contributed by atoms with E-state index in [-0.39, 0.29) is 17.3 Å². The number of benzene rings is 1. The monoisotopic (exact) mass is 418 g/mol. The first kappa shape index (κ1) is 20.5. The first-order valence-corrected chi connectivity index (χ1v) is 11.4. The van der Waals surface area contributed by atoms with Crippen molar-refractivity contribution < 1.29 is 13.2 Å². The maximum absolute atomic E-state index is 12.5. The smallest absolute Gasteiger partial charge is 0.243 e. The Morgan fingerprint density at radius 3 is 2.68 bits per heavy atom. The first-order valence-electron chi connectivity index (χ1n) is 9.11. The van der Waals surface area contributed by atoms with Crippen molar-refractivity contribution in [2.24, 2.45) is 0 Å².